The average Bonchev–Trinajstić information content (AvgIpc) is 2.95. The van der Waals surface area contributed by atoms with Crippen molar-refractivity contribution in [3.63, 3.8) is 0 Å². The zero-order valence-corrected chi connectivity index (χ0v) is 23.8. The van der Waals surface area contributed by atoms with Crippen LogP contribution in [-0.4, -0.2) is 21.7 Å². The Balaban J connectivity index is 0.00000115. The van der Waals surface area contributed by atoms with Gasteiger partial charge in [-0.3, -0.25) is 13.9 Å². The summed E-state index contributed by atoms with van der Waals surface area (Å²) in [6.07, 6.45) is 7.10. The molecule has 0 spiro atoms. The van der Waals surface area contributed by atoms with E-state index in [4.69, 9.17) is 0 Å². The van der Waals surface area contributed by atoms with E-state index in [0.29, 0.717) is 24.7 Å². The van der Waals surface area contributed by atoms with E-state index < -0.39 is 0 Å². The molecule has 37 heavy (non-hydrogen) atoms. The van der Waals surface area contributed by atoms with Gasteiger partial charge in [-0.1, -0.05) is 95.3 Å². The third-order valence-corrected chi connectivity index (χ3v) is 7.16. The highest BCUT2D eigenvalue weighted by Crippen LogP contribution is 2.38. The average molecular weight is 506 g/mol. The first-order valence-corrected chi connectivity index (χ1v) is 14.1. The second-order valence-corrected chi connectivity index (χ2v) is 9.67. The second kappa shape index (κ2) is 15.4. The molecule has 0 radical (unpaired) electrons. The predicted octanol–water partition coefficient (Wildman–Crippen LogP) is 6.30. The van der Waals surface area contributed by atoms with Crippen molar-refractivity contribution in [3.8, 4) is 0 Å². The van der Waals surface area contributed by atoms with Crippen molar-refractivity contribution in [1.29, 1.82) is 0 Å². The number of hydrogen-bond donors (Lipinski definition) is 1. The van der Waals surface area contributed by atoms with Gasteiger partial charge in [0.2, 0.25) is 0 Å². The molecule has 1 N–H and O–H groups in total. The Hall–Kier alpha value is -2.92. The number of nitrogens with one attached hydrogen (secondary N) is 1. The lowest BCUT2D eigenvalue weighted by atomic mass is 9.69. The molecular formula is C32H47N3O2. The first-order chi connectivity index (χ1) is 18.0. The van der Waals surface area contributed by atoms with E-state index in [-0.39, 0.29) is 16.7 Å². The minimum atomic E-state index is -0.231. The Bertz CT molecular complexity index is 1160. The third kappa shape index (κ3) is 8.29. The molecule has 0 aliphatic heterocycles. The summed E-state index contributed by atoms with van der Waals surface area (Å²) in [6, 6.07) is 21.2. The van der Waals surface area contributed by atoms with Crippen molar-refractivity contribution in [2.75, 3.05) is 6.54 Å². The first kappa shape index (κ1) is 30.3. The van der Waals surface area contributed by atoms with Crippen molar-refractivity contribution in [2.24, 2.45) is 0 Å². The third-order valence-electron chi connectivity index (χ3n) is 7.16. The van der Waals surface area contributed by atoms with Gasteiger partial charge in [-0.15, -0.1) is 0 Å². The summed E-state index contributed by atoms with van der Waals surface area (Å²) in [5.74, 6) is 0. The molecule has 5 heteroatoms. The Labute approximate surface area is 223 Å². The fourth-order valence-electron chi connectivity index (χ4n) is 5.02. The van der Waals surface area contributed by atoms with E-state index >= 15 is 0 Å². The number of nitrogens with zero attached hydrogens (tertiary/aromatic N) is 2. The van der Waals surface area contributed by atoms with Crippen molar-refractivity contribution in [1.82, 2.24) is 14.5 Å². The fourth-order valence-corrected chi connectivity index (χ4v) is 5.02. The van der Waals surface area contributed by atoms with Gasteiger partial charge < -0.3 is 5.32 Å². The molecule has 0 saturated heterocycles. The fraction of sp³-hybridized carbons (Fsp3) is 0.500. The van der Waals surface area contributed by atoms with Crippen LogP contribution < -0.4 is 16.6 Å². The van der Waals surface area contributed by atoms with Crippen LogP contribution in [0.1, 0.15) is 83.4 Å². The van der Waals surface area contributed by atoms with E-state index in [1.54, 1.807) is 17.7 Å². The number of benzene rings is 2. The smallest absolute Gasteiger partial charge is 0.314 e. The Morgan fingerprint density at radius 1 is 0.892 bits per heavy atom. The van der Waals surface area contributed by atoms with Crippen LogP contribution in [0.2, 0.25) is 0 Å². The van der Waals surface area contributed by atoms with Crippen molar-refractivity contribution in [2.45, 2.75) is 98.2 Å². The lowest BCUT2D eigenvalue weighted by Crippen LogP contribution is -2.42. The summed E-state index contributed by atoms with van der Waals surface area (Å²) in [5, 5.41) is 3.66. The molecule has 2 aromatic carbocycles. The Kier molecular flexibility index (Phi) is 12.6. The maximum Gasteiger partial charge on any atom is 0.331 e. The standard InChI is InChI=1S/C28H35N3O2.2C2H6/c1-22-20-30(21-23-10-5-3-6-11-23)27(33)31(26(22)32)19-9-18-29-25-14-16-28(2,17-15-25)24-12-7-4-8-13-24;2*1-2/h3-8,10-13,20,25,29H,9,14-19,21H2,1-2H3;2*1-2H3. The minimum Gasteiger partial charge on any atom is -0.314 e. The first-order valence-electron chi connectivity index (χ1n) is 14.1. The van der Waals surface area contributed by atoms with E-state index in [1.165, 1.54) is 23.0 Å². The zero-order valence-electron chi connectivity index (χ0n) is 23.8. The lowest BCUT2D eigenvalue weighted by Gasteiger charge is -2.38. The van der Waals surface area contributed by atoms with E-state index in [1.807, 2.05) is 58.0 Å². The topological polar surface area (TPSA) is 56.0 Å². The van der Waals surface area contributed by atoms with Gasteiger partial charge in [-0.2, -0.15) is 0 Å². The zero-order chi connectivity index (χ0) is 27.3. The van der Waals surface area contributed by atoms with Crippen molar-refractivity contribution >= 4 is 0 Å². The molecule has 0 amide bonds. The molecule has 3 aromatic rings. The van der Waals surface area contributed by atoms with E-state index in [9.17, 15) is 9.59 Å². The summed E-state index contributed by atoms with van der Waals surface area (Å²) in [5.41, 5.74) is 2.94. The number of hydrogen-bond acceptors (Lipinski definition) is 3. The van der Waals surface area contributed by atoms with Gasteiger partial charge in [0, 0.05) is 24.3 Å². The second-order valence-electron chi connectivity index (χ2n) is 9.67. The molecule has 4 rings (SSSR count). The summed E-state index contributed by atoms with van der Waals surface area (Å²) in [7, 11) is 0. The Morgan fingerprint density at radius 2 is 1.46 bits per heavy atom. The molecule has 1 fully saturated rings. The minimum absolute atomic E-state index is 0.180. The quantitative estimate of drug-likeness (QED) is 0.366. The summed E-state index contributed by atoms with van der Waals surface area (Å²) in [6.45, 7) is 13.9. The summed E-state index contributed by atoms with van der Waals surface area (Å²) >= 11 is 0. The maximum atomic E-state index is 13.0. The monoisotopic (exact) mass is 505 g/mol. The molecule has 1 aliphatic rings. The molecular weight excluding hydrogens is 458 g/mol. The van der Waals surface area contributed by atoms with Crippen LogP contribution in [0, 0.1) is 6.92 Å². The van der Waals surface area contributed by atoms with Crippen molar-refractivity contribution < 1.29 is 0 Å². The molecule has 1 aliphatic carbocycles. The maximum absolute atomic E-state index is 13.0. The number of rotatable bonds is 8. The molecule has 0 bridgehead atoms. The molecule has 0 atom stereocenters. The van der Waals surface area contributed by atoms with Gasteiger partial charge >= 0.3 is 5.69 Å². The molecule has 1 heterocycles. The lowest BCUT2D eigenvalue weighted by molar-refractivity contribution is 0.263. The molecule has 1 saturated carbocycles. The molecule has 0 unspecified atom stereocenters. The van der Waals surface area contributed by atoms with Crippen LogP contribution in [-0.2, 0) is 18.5 Å². The predicted molar refractivity (Wildman–Crippen MR) is 157 cm³/mol. The van der Waals surface area contributed by atoms with Crippen LogP contribution in [0.25, 0.3) is 0 Å². The van der Waals surface area contributed by atoms with Gasteiger partial charge in [-0.05, 0) is 62.1 Å². The van der Waals surface area contributed by atoms with Crippen LogP contribution in [0.3, 0.4) is 0 Å². The van der Waals surface area contributed by atoms with E-state index in [0.717, 1.165) is 31.4 Å². The van der Waals surface area contributed by atoms with Gasteiger partial charge in [0.05, 0.1) is 6.54 Å². The largest absolute Gasteiger partial charge is 0.331 e. The van der Waals surface area contributed by atoms with Gasteiger partial charge in [0.25, 0.3) is 5.56 Å². The summed E-state index contributed by atoms with van der Waals surface area (Å²) in [4.78, 5) is 25.6. The number of aromatic nitrogens is 2. The highest BCUT2D eigenvalue weighted by Gasteiger charge is 2.32. The highest BCUT2D eigenvalue weighted by atomic mass is 16.2. The normalized spacial score (nSPS) is 18.7. The van der Waals surface area contributed by atoms with Gasteiger partial charge in [0.1, 0.15) is 0 Å². The molecule has 1 aromatic heterocycles. The summed E-state index contributed by atoms with van der Waals surface area (Å²) < 4.78 is 3.04. The van der Waals surface area contributed by atoms with E-state index in [2.05, 4.69) is 42.6 Å². The highest BCUT2D eigenvalue weighted by molar-refractivity contribution is 5.25. The van der Waals surface area contributed by atoms with Crippen molar-refractivity contribution in [3.05, 3.63) is 104 Å². The molecule has 5 nitrogen and oxygen atoms in total. The van der Waals surface area contributed by atoms with Crippen LogP contribution in [0.15, 0.2) is 76.4 Å². The van der Waals surface area contributed by atoms with Gasteiger partial charge in [0.15, 0.2) is 0 Å². The van der Waals surface area contributed by atoms with Crippen LogP contribution in [0.4, 0.5) is 0 Å². The van der Waals surface area contributed by atoms with Gasteiger partial charge in [-0.25, -0.2) is 4.79 Å². The molecule has 202 valence electrons. The Morgan fingerprint density at radius 3 is 2.05 bits per heavy atom. The SMILES string of the molecule is CC.CC.Cc1cn(Cc2ccccc2)c(=O)n(CCCNC2CCC(C)(c3ccccc3)CC2)c1=O. The van der Waals surface area contributed by atoms with Crippen LogP contribution in [0.5, 0.6) is 0 Å². The number of aryl methyl sites for hydroxylation is 1. The van der Waals surface area contributed by atoms with Crippen LogP contribution >= 0.6 is 0 Å².